The van der Waals surface area contributed by atoms with Crippen molar-refractivity contribution in [3.8, 4) is 28.9 Å². The van der Waals surface area contributed by atoms with Crippen molar-refractivity contribution in [1.29, 1.82) is 0 Å². The lowest BCUT2D eigenvalue weighted by atomic mass is 10.1. The number of amides is 1. The van der Waals surface area contributed by atoms with Gasteiger partial charge in [0.05, 0.1) is 12.3 Å². The van der Waals surface area contributed by atoms with Crippen molar-refractivity contribution < 1.29 is 23.7 Å². The fourth-order valence-electron chi connectivity index (χ4n) is 5.75. The Hall–Kier alpha value is -5.31. The van der Waals surface area contributed by atoms with Gasteiger partial charge in [-0.2, -0.15) is 0 Å². The van der Waals surface area contributed by atoms with Crippen molar-refractivity contribution in [1.82, 2.24) is 14.8 Å². The summed E-state index contributed by atoms with van der Waals surface area (Å²) in [5, 5.41) is 0.667. The minimum atomic E-state index is 0.0202. The van der Waals surface area contributed by atoms with Crippen molar-refractivity contribution in [3.05, 3.63) is 148 Å². The molecule has 9 heteroatoms. The number of carbonyl (C=O) groups is 1. The molecule has 0 atom stereocenters. The summed E-state index contributed by atoms with van der Waals surface area (Å²) in [6, 6.07) is 33.2. The second-order valence-corrected chi connectivity index (χ2v) is 13.4. The molecule has 0 aliphatic carbocycles. The summed E-state index contributed by atoms with van der Waals surface area (Å²) in [7, 11) is 0. The fraction of sp³-hybridized carbons (Fsp3) is 0.256. The van der Waals surface area contributed by atoms with Crippen LogP contribution in [0.5, 0.6) is 28.9 Å². The molecule has 4 aromatic carbocycles. The van der Waals surface area contributed by atoms with Gasteiger partial charge in [0.2, 0.25) is 11.8 Å². The molecule has 5 aromatic rings. The Bertz CT molecular complexity index is 1940. The minimum Gasteiger partial charge on any atom is -0.491 e. The van der Waals surface area contributed by atoms with Gasteiger partial charge in [-0.05, 0) is 97.6 Å². The molecule has 6 rings (SSSR count). The van der Waals surface area contributed by atoms with Gasteiger partial charge in [0.15, 0.2) is 0 Å². The first kappa shape index (κ1) is 36.5. The van der Waals surface area contributed by atoms with Crippen molar-refractivity contribution >= 4 is 23.6 Å². The van der Waals surface area contributed by atoms with Crippen molar-refractivity contribution in [2.75, 3.05) is 26.2 Å². The third kappa shape index (κ3) is 10.6. The molecule has 0 unspecified atom stereocenters. The van der Waals surface area contributed by atoms with E-state index in [0.29, 0.717) is 48.7 Å². The molecule has 52 heavy (non-hydrogen) atoms. The zero-order valence-electron chi connectivity index (χ0n) is 29.8. The summed E-state index contributed by atoms with van der Waals surface area (Å²) in [6.45, 7) is 10.8. The number of ether oxygens (including phenoxy) is 4. The second kappa shape index (κ2) is 17.8. The Kier molecular flexibility index (Phi) is 12.5. The Morgan fingerprint density at radius 2 is 1.46 bits per heavy atom. The SMILES string of the molecule is Cc1cc(Oc2ccc(OCc3ccccc3Cl)cn2)ccc1/C=C/C(=O)N1CCN(Cc2ccc(COc3ccc(OC(C)C)cc3)cc2)CC1. The van der Waals surface area contributed by atoms with E-state index >= 15 is 0 Å². The van der Waals surface area contributed by atoms with E-state index in [2.05, 4.69) is 34.1 Å². The largest absolute Gasteiger partial charge is 0.491 e. The van der Waals surface area contributed by atoms with Gasteiger partial charge in [-0.3, -0.25) is 9.69 Å². The van der Waals surface area contributed by atoms with Gasteiger partial charge in [0.1, 0.15) is 36.2 Å². The highest BCUT2D eigenvalue weighted by molar-refractivity contribution is 6.31. The average molecular weight is 718 g/mol. The normalized spacial score (nSPS) is 13.4. The van der Waals surface area contributed by atoms with Crippen LogP contribution >= 0.6 is 11.6 Å². The van der Waals surface area contributed by atoms with Crippen LogP contribution in [0.15, 0.2) is 115 Å². The number of aryl methyl sites for hydroxylation is 1. The number of nitrogens with zero attached hydrogens (tertiary/aromatic N) is 3. The van der Waals surface area contributed by atoms with Gasteiger partial charge < -0.3 is 23.8 Å². The summed E-state index contributed by atoms with van der Waals surface area (Å²) < 4.78 is 23.4. The number of hydrogen-bond donors (Lipinski definition) is 0. The monoisotopic (exact) mass is 717 g/mol. The summed E-state index contributed by atoms with van der Waals surface area (Å²) in [5.74, 6) is 3.42. The average Bonchev–Trinajstić information content (AvgIpc) is 3.15. The third-order valence-corrected chi connectivity index (χ3v) is 9.01. The molecule has 1 saturated heterocycles. The number of pyridine rings is 1. The molecule has 0 saturated carbocycles. The Labute approximate surface area is 311 Å². The van der Waals surface area contributed by atoms with Gasteiger partial charge >= 0.3 is 0 Å². The fourth-order valence-corrected chi connectivity index (χ4v) is 5.94. The maximum atomic E-state index is 13.0. The third-order valence-electron chi connectivity index (χ3n) is 8.64. The molecule has 2 heterocycles. The first-order valence-electron chi connectivity index (χ1n) is 17.5. The summed E-state index contributed by atoms with van der Waals surface area (Å²) in [4.78, 5) is 21.7. The van der Waals surface area contributed by atoms with Crippen LogP contribution in [0.25, 0.3) is 6.08 Å². The Morgan fingerprint density at radius 1 is 0.788 bits per heavy atom. The van der Waals surface area contributed by atoms with E-state index in [0.717, 1.165) is 53.4 Å². The highest BCUT2D eigenvalue weighted by Crippen LogP contribution is 2.26. The highest BCUT2D eigenvalue weighted by Gasteiger charge is 2.20. The van der Waals surface area contributed by atoms with Gasteiger partial charge in [0, 0.05) is 55.5 Å². The van der Waals surface area contributed by atoms with Gasteiger partial charge in [-0.15, -0.1) is 0 Å². The van der Waals surface area contributed by atoms with E-state index in [4.69, 9.17) is 30.5 Å². The molecule has 1 aliphatic rings. The van der Waals surface area contributed by atoms with Gasteiger partial charge in [-0.25, -0.2) is 4.98 Å². The lowest BCUT2D eigenvalue weighted by Crippen LogP contribution is -2.47. The molecule has 0 N–H and O–H groups in total. The second-order valence-electron chi connectivity index (χ2n) is 13.0. The van der Waals surface area contributed by atoms with Crippen molar-refractivity contribution in [2.24, 2.45) is 0 Å². The summed E-state index contributed by atoms with van der Waals surface area (Å²) >= 11 is 6.21. The lowest BCUT2D eigenvalue weighted by molar-refractivity contribution is -0.127. The van der Waals surface area contributed by atoms with Gasteiger partial charge in [0.25, 0.3) is 0 Å². The molecule has 1 amide bonds. The van der Waals surface area contributed by atoms with Crippen LogP contribution in [-0.2, 0) is 24.6 Å². The Morgan fingerprint density at radius 3 is 2.15 bits per heavy atom. The molecule has 8 nitrogen and oxygen atoms in total. The predicted octanol–water partition coefficient (Wildman–Crippen LogP) is 9.14. The summed E-state index contributed by atoms with van der Waals surface area (Å²) in [5.41, 5.74) is 5.22. The predicted molar refractivity (Wildman–Crippen MR) is 205 cm³/mol. The number of piperazine rings is 1. The van der Waals surface area contributed by atoms with Crippen LogP contribution in [0.1, 0.15) is 41.7 Å². The number of rotatable bonds is 14. The van der Waals surface area contributed by atoms with Crippen LogP contribution in [0.4, 0.5) is 0 Å². The molecule has 0 radical (unpaired) electrons. The molecular formula is C43H44ClN3O5. The zero-order chi connectivity index (χ0) is 36.3. The molecule has 268 valence electrons. The van der Waals surface area contributed by atoms with Crippen LogP contribution in [0.3, 0.4) is 0 Å². The van der Waals surface area contributed by atoms with E-state index in [9.17, 15) is 4.79 Å². The van der Waals surface area contributed by atoms with Crippen molar-refractivity contribution in [3.63, 3.8) is 0 Å². The molecule has 1 aromatic heterocycles. The number of hydrogen-bond acceptors (Lipinski definition) is 7. The van der Waals surface area contributed by atoms with Gasteiger partial charge in [-0.1, -0.05) is 60.1 Å². The topological polar surface area (TPSA) is 73.4 Å². The number of halogens is 1. The summed E-state index contributed by atoms with van der Waals surface area (Å²) in [6.07, 6.45) is 5.31. The molecule has 1 fully saturated rings. The van der Waals surface area contributed by atoms with E-state index < -0.39 is 0 Å². The number of benzene rings is 4. The van der Waals surface area contributed by atoms with Crippen molar-refractivity contribution in [2.45, 2.75) is 46.6 Å². The standard InChI is InChI=1S/C43H44ClN3O5/c1-31(2)51-38-17-15-37(16-18-38)49-29-34-10-8-33(9-11-34)28-46-22-24-47(25-23-46)43(48)21-13-35-12-14-39(26-32(35)3)52-42-20-19-40(27-45-42)50-30-36-6-4-5-7-41(36)44/h4-21,26-27,31H,22-25,28-30H2,1-3H3/b21-13+. The number of aromatic nitrogens is 1. The number of carbonyl (C=O) groups excluding carboxylic acids is 1. The minimum absolute atomic E-state index is 0.0202. The van der Waals surface area contributed by atoms with Crippen LogP contribution in [0, 0.1) is 6.92 Å². The maximum Gasteiger partial charge on any atom is 0.246 e. The smallest absolute Gasteiger partial charge is 0.246 e. The van der Waals surface area contributed by atoms with E-state index in [1.807, 2.05) is 105 Å². The van der Waals surface area contributed by atoms with E-state index in [1.54, 1.807) is 18.3 Å². The first-order chi connectivity index (χ1) is 25.3. The highest BCUT2D eigenvalue weighted by atomic mass is 35.5. The molecular weight excluding hydrogens is 674 g/mol. The molecule has 0 spiro atoms. The lowest BCUT2D eigenvalue weighted by Gasteiger charge is -2.34. The van der Waals surface area contributed by atoms with Crippen LogP contribution < -0.4 is 18.9 Å². The molecule has 1 aliphatic heterocycles. The van der Waals surface area contributed by atoms with E-state index in [-0.39, 0.29) is 12.0 Å². The van der Waals surface area contributed by atoms with E-state index in [1.165, 1.54) is 5.56 Å². The molecule has 0 bridgehead atoms. The Balaban J connectivity index is 0.914. The maximum absolute atomic E-state index is 13.0. The van der Waals surface area contributed by atoms with Crippen LogP contribution in [-0.4, -0.2) is 53.0 Å². The zero-order valence-corrected chi connectivity index (χ0v) is 30.6. The van der Waals surface area contributed by atoms with Crippen LogP contribution in [0.2, 0.25) is 5.02 Å². The first-order valence-corrected chi connectivity index (χ1v) is 17.9. The quantitative estimate of drug-likeness (QED) is 0.106.